The lowest BCUT2D eigenvalue weighted by Gasteiger charge is -2.40. The first-order valence-electron chi connectivity index (χ1n) is 7.27. The molecule has 0 fully saturated rings. The van der Waals surface area contributed by atoms with Crippen molar-refractivity contribution in [2.45, 2.75) is 17.0 Å². The molecule has 0 aliphatic carbocycles. The van der Waals surface area contributed by atoms with E-state index in [0.29, 0.717) is 24.3 Å². The number of anilines is 2. The van der Waals surface area contributed by atoms with E-state index in [1.54, 1.807) is 0 Å². The summed E-state index contributed by atoms with van der Waals surface area (Å²) in [6.45, 7) is 0. The number of rotatable bonds is 4. The molecule has 0 aliphatic heterocycles. The Hall–Kier alpha value is -2.64. The van der Waals surface area contributed by atoms with Crippen molar-refractivity contribution in [2.75, 3.05) is 10.6 Å². The van der Waals surface area contributed by atoms with Crippen LogP contribution in [-0.4, -0.2) is 12.2 Å². The van der Waals surface area contributed by atoms with Crippen molar-refractivity contribution in [3.05, 3.63) is 54.1 Å². The predicted molar refractivity (Wildman–Crippen MR) is 86.9 cm³/mol. The fraction of sp³-hybridized carbons (Fsp3) is 0.133. The Balaban J connectivity index is 2.14. The topological polar surface area (TPSA) is 41.1 Å². The van der Waals surface area contributed by atoms with Gasteiger partial charge >= 0.3 is 28.4 Å². The third-order valence-electron chi connectivity index (χ3n) is 3.40. The molecule has 0 atom stereocenters. The minimum Gasteiger partial charge on any atom is -0.308 e. The second-order valence-corrected chi connectivity index (χ2v) is 8.13. The van der Waals surface area contributed by atoms with Crippen molar-refractivity contribution in [3.8, 4) is 0 Å². The zero-order valence-corrected chi connectivity index (χ0v) is 14.5. The highest BCUT2D eigenvalue weighted by molar-refractivity contribution is 8.45. The lowest BCUT2D eigenvalue weighted by molar-refractivity contribution is -0.289. The van der Waals surface area contributed by atoms with E-state index in [1.165, 1.54) is 0 Å². The van der Waals surface area contributed by atoms with E-state index in [0.717, 1.165) is 12.1 Å². The fourth-order valence-electron chi connectivity index (χ4n) is 2.04. The van der Waals surface area contributed by atoms with Crippen LogP contribution in [0.4, 0.5) is 57.6 Å². The van der Waals surface area contributed by atoms with Crippen LogP contribution in [0.2, 0.25) is 0 Å². The minimum atomic E-state index is -9.90. The summed E-state index contributed by atoms with van der Waals surface area (Å²) < 4.78 is 127. The Morgan fingerprint density at radius 2 is 1.28 bits per heavy atom. The molecule has 0 bridgehead atoms. The lowest BCUT2D eigenvalue weighted by atomic mass is 10.1. The Bertz CT molecular complexity index is 923. The van der Waals surface area contributed by atoms with Gasteiger partial charge in [-0.2, -0.15) is 22.0 Å². The summed E-state index contributed by atoms with van der Waals surface area (Å²) in [5.74, 6) is -5.19. The number of carbonyl (C=O) groups excluding carboxylic acids is 1. The molecule has 29 heavy (non-hydrogen) atoms. The number of amides is 2. The first-order chi connectivity index (χ1) is 12.8. The molecule has 0 unspecified atom stereocenters. The van der Waals surface area contributed by atoms with Gasteiger partial charge in [0.1, 0.15) is 4.90 Å². The normalized spacial score (nSPS) is 15.2. The van der Waals surface area contributed by atoms with Crippen molar-refractivity contribution in [3.63, 3.8) is 0 Å². The molecular formula is C15H10F10N2OS. The Labute approximate surface area is 156 Å². The van der Waals surface area contributed by atoms with Crippen molar-refractivity contribution in [2.24, 2.45) is 0 Å². The SMILES string of the molecule is O=C(Nc1ccc(S(F)(F)(F)(F)F)cc1)Nc1cccc(C(F)(F)C(F)(F)F)c1. The molecular weight excluding hydrogens is 446 g/mol. The Morgan fingerprint density at radius 1 is 0.759 bits per heavy atom. The summed E-state index contributed by atoms with van der Waals surface area (Å²) in [7, 11) is -9.90. The molecule has 162 valence electrons. The first kappa shape index (κ1) is 22.6. The second-order valence-electron chi connectivity index (χ2n) is 5.73. The van der Waals surface area contributed by atoms with Crippen molar-refractivity contribution in [1.82, 2.24) is 0 Å². The number of hydrogen-bond donors (Lipinski definition) is 2. The lowest BCUT2D eigenvalue weighted by Crippen LogP contribution is -2.33. The molecule has 14 heteroatoms. The third kappa shape index (κ3) is 5.46. The van der Waals surface area contributed by atoms with E-state index in [-0.39, 0.29) is 17.8 Å². The maximum absolute atomic E-state index is 13.3. The van der Waals surface area contributed by atoms with E-state index in [1.807, 2.05) is 10.6 Å². The van der Waals surface area contributed by atoms with Crippen LogP contribution < -0.4 is 10.6 Å². The number of nitrogens with one attached hydrogen (secondary N) is 2. The summed E-state index contributed by atoms with van der Waals surface area (Å²) in [6.07, 6.45) is -5.88. The largest absolute Gasteiger partial charge is 0.458 e. The van der Waals surface area contributed by atoms with Crippen molar-refractivity contribution >= 4 is 27.6 Å². The number of alkyl halides is 5. The van der Waals surface area contributed by atoms with Gasteiger partial charge in [0.2, 0.25) is 0 Å². The molecule has 3 nitrogen and oxygen atoms in total. The number of urea groups is 1. The molecule has 2 amide bonds. The quantitative estimate of drug-likeness (QED) is 0.456. The van der Waals surface area contributed by atoms with Crippen LogP contribution in [0.3, 0.4) is 0 Å². The van der Waals surface area contributed by atoms with Crippen molar-refractivity contribution < 1.29 is 46.2 Å². The van der Waals surface area contributed by atoms with Gasteiger partial charge in [-0.05, 0) is 36.4 Å². The second kappa shape index (κ2) is 6.18. The van der Waals surface area contributed by atoms with Gasteiger partial charge in [-0.25, -0.2) is 4.79 Å². The fourth-order valence-corrected chi connectivity index (χ4v) is 2.70. The average Bonchev–Trinajstić information content (AvgIpc) is 2.52. The number of halogens is 10. The van der Waals surface area contributed by atoms with Crippen LogP contribution in [0.15, 0.2) is 53.4 Å². The molecule has 0 heterocycles. The molecule has 0 saturated heterocycles. The third-order valence-corrected chi connectivity index (χ3v) is 4.56. The molecule has 0 saturated carbocycles. The number of benzene rings is 2. The van der Waals surface area contributed by atoms with E-state index < -0.39 is 44.5 Å². The van der Waals surface area contributed by atoms with Gasteiger partial charge in [-0.3, -0.25) is 0 Å². The Morgan fingerprint density at radius 3 is 1.76 bits per heavy atom. The van der Waals surface area contributed by atoms with E-state index in [2.05, 4.69) is 0 Å². The van der Waals surface area contributed by atoms with E-state index in [9.17, 15) is 46.2 Å². The van der Waals surface area contributed by atoms with Crippen LogP contribution in [0.25, 0.3) is 0 Å². The molecule has 2 N–H and O–H groups in total. The van der Waals surface area contributed by atoms with Gasteiger partial charge in [0.25, 0.3) is 0 Å². The van der Waals surface area contributed by atoms with Crippen LogP contribution in [0.5, 0.6) is 0 Å². The van der Waals surface area contributed by atoms with Gasteiger partial charge in [0.15, 0.2) is 0 Å². The minimum absolute atomic E-state index is 0.0294. The van der Waals surface area contributed by atoms with Gasteiger partial charge in [-0.1, -0.05) is 31.6 Å². The number of hydrogen-bond acceptors (Lipinski definition) is 1. The van der Waals surface area contributed by atoms with Crippen molar-refractivity contribution in [1.29, 1.82) is 0 Å². The summed E-state index contributed by atoms with van der Waals surface area (Å²) in [6, 6.07) is 2.49. The molecule has 2 aromatic rings. The summed E-state index contributed by atoms with van der Waals surface area (Å²) >= 11 is 0. The van der Waals surface area contributed by atoms with Gasteiger partial charge in [-0.15, -0.1) is 0 Å². The maximum Gasteiger partial charge on any atom is 0.458 e. The highest BCUT2D eigenvalue weighted by atomic mass is 32.5. The van der Waals surface area contributed by atoms with Gasteiger partial charge < -0.3 is 10.6 Å². The zero-order chi connectivity index (χ0) is 22.4. The molecule has 2 rings (SSSR count). The zero-order valence-electron chi connectivity index (χ0n) is 13.7. The highest BCUT2D eigenvalue weighted by Crippen LogP contribution is 3.02. The standard InChI is InChI=1S/C15H10F10N2OS/c16-14(17,15(18,19)20)9-2-1-3-11(8-9)27-13(28)26-10-4-6-12(7-5-10)29(21,22,23,24)25/h1-8H,(H2,26,27,28). The molecule has 0 aliphatic rings. The van der Waals surface area contributed by atoms with Gasteiger partial charge in [0.05, 0.1) is 0 Å². The molecule has 0 spiro atoms. The van der Waals surface area contributed by atoms with Gasteiger partial charge in [0, 0.05) is 16.9 Å². The summed E-state index contributed by atoms with van der Waals surface area (Å²) in [4.78, 5) is 9.56. The van der Waals surface area contributed by atoms with Crippen LogP contribution >= 0.6 is 10.2 Å². The van der Waals surface area contributed by atoms with Crippen LogP contribution in [0.1, 0.15) is 5.56 Å². The highest BCUT2D eigenvalue weighted by Gasteiger charge is 2.65. The smallest absolute Gasteiger partial charge is 0.308 e. The molecule has 0 radical (unpaired) electrons. The maximum atomic E-state index is 13.3. The van der Waals surface area contributed by atoms with Crippen LogP contribution in [-0.2, 0) is 5.92 Å². The Kier molecular flexibility index (Phi) is 4.82. The monoisotopic (exact) mass is 456 g/mol. The predicted octanol–water partition coefficient (Wildman–Crippen LogP) is 7.64. The van der Waals surface area contributed by atoms with E-state index in [4.69, 9.17) is 0 Å². The number of carbonyl (C=O) groups is 1. The van der Waals surface area contributed by atoms with Crippen LogP contribution in [0, 0.1) is 0 Å². The first-order valence-corrected chi connectivity index (χ1v) is 9.22. The summed E-state index contributed by atoms with van der Waals surface area (Å²) in [5.41, 5.74) is -2.31. The van der Waals surface area contributed by atoms with E-state index >= 15 is 0 Å². The summed E-state index contributed by atoms with van der Waals surface area (Å²) in [5, 5.41) is 3.82. The molecule has 0 aromatic heterocycles. The average molecular weight is 456 g/mol. The molecule has 2 aromatic carbocycles.